The van der Waals surface area contributed by atoms with Crippen LogP contribution in [0.25, 0.3) is 11.2 Å². The summed E-state index contributed by atoms with van der Waals surface area (Å²) >= 11 is 0. The van der Waals surface area contributed by atoms with Crippen molar-refractivity contribution in [2.75, 3.05) is 31.2 Å². The molecule has 0 radical (unpaired) electrons. The molecule has 0 aromatic carbocycles. The van der Waals surface area contributed by atoms with E-state index < -0.39 is 0 Å². The molecule has 1 fully saturated rings. The molecule has 3 heterocycles. The summed E-state index contributed by atoms with van der Waals surface area (Å²) < 4.78 is 9.65. The lowest BCUT2D eigenvalue weighted by molar-refractivity contribution is 0.122. The Morgan fingerprint density at radius 3 is 2.30 bits per heavy atom. The maximum absolute atomic E-state index is 12.2. The summed E-state index contributed by atoms with van der Waals surface area (Å²) in [5.74, 6) is 0.696. The van der Waals surface area contributed by atoms with Crippen molar-refractivity contribution >= 4 is 17.1 Å². The van der Waals surface area contributed by atoms with E-state index >= 15 is 0 Å². The van der Waals surface area contributed by atoms with Gasteiger partial charge in [0.15, 0.2) is 11.2 Å². The van der Waals surface area contributed by atoms with Crippen molar-refractivity contribution in [3.05, 3.63) is 20.8 Å². The number of rotatable bonds is 1. The normalized spacial score (nSPS) is 16.1. The van der Waals surface area contributed by atoms with Crippen molar-refractivity contribution in [2.24, 2.45) is 21.1 Å². The molecule has 0 amide bonds. The summed E-state index contributed by atoms with van der Waals surface area (Å²) in [6.45, 7) is 2.73. The highest BCUT2D eigenvalue weighted by Crippen LogP contribution is 2.18. The first-order valence-electron chi connectivity index (χ1n) is 6.47. The Kier molecular flexibility index (Phi) is 2.89. The molecule has 1 aliphatic heterocycles. The van der Waals surface area contributed by atoms with Crippen LogP contribution in [-0.4, -0.2) is 45.0 Å². The molecule has 8 heteroatoms. The first kappa shape index (κ1) is 12.9. The second kappa shape index (κ2) is 4.48. The number of aryl methyl sites for hydroxylation is 2. The molecule has 1 saturated heterocycles. The number of fused-ring (bicyclic) bond motifs is 1. The van der Waals surface area contributed by atoms with Gasteiger partial charge in [0.2, 0.25) is 5.95 Å². The number of hydrogen-bond donors (Lipinski definition) is 0. The number of aromatic nitrogens is 4. The Bertz CT molecular complexity index is 779. The molecule has 0 unspecified atom stereocenters. The summed E-state index contributed by atoms with van der Waals surface area (Å²) in [6, 6.07) is 0. The van der Waals surface area contributed by atoms with Crippen LogP contribution in [0.3, 0.4) is 0 Å². The maximum Gasteiger partial charge on any atom is 0.332 e. The number of anilines is 1. The minimum absolute atomic E-state index is 0.318. The fourth-order valence-corrected chi connectivity index (χ4v) is 2.61. The van der Waals surface area contributed by atoms with Crippen LogP contribution >= 0.6 is 0 Å². The van der Waals surface area contributed by atoms with Crippen LogP contribution in [0, 0.1) is 0 Å². The molecule has 1 aliphatic rings. The molecule has 0 bridgehead atoms. The van der Waals surface area contributed by atoms with Crippen molar-refractivity contribution in [1.29, 1.82) is 0 Å². The van der Waals surface area contributed by atoms with E-state index in [-0.39, 0.29) is 11.2 Å². The summed E-state index contributed by atoms with van der Waals surface area (Å²) in [5.41, 5.74) is 0.149. The van der Waals surface area contributed by atoms with E-state index in [1.807, 2.05) is 7.05 Å². The van der Waals surface area contributed by atoms with Gasteiger partial charge in [-0.1, -0.05) is 0 Å². The fraction of sp³-hybridized carbons (Fsp3) is 0.583. The quantitative estimate of drug-likeness (QED) is 0.656. The van der Waals surface area contributed by atoms with Crippen LogP contribution in [-0.2, 0) is 25.9 Å². The van der Waals surface area contributed by atoms with Gasteiger partial charge in [-0.25, -0.2) is 9.78 Å². The molecule has 0 aliphatic carbocycles. The lowest BCUT2D eigenvalue weighted by atomic mass is 10.4. The molecule has 0 N–H and O–H groups in total. The van der Waals surface area contributed by atoms with Gasteiger partial charge >= 0.3 is 5.69 Å². The van der Waals surface area contributed by atoms with Crippen molar-refractivity contribution in [3.63, 3.8) is 0 Å². The van der Waals surface area contributed by atoms with Gasteiger partial charge in [-0.3, -0.25) is 18.5 Å². The highest BCUT2D eigenvalue weighted by molar-refractivity contribution is 5.74. The SMILES string of the molecule is Cn1c(=O)c2nc(N3CCOCC3)n(C)c2n(C)c1=O. The van der Waals surface area contributed by atoms with Crippen LogP contribution < -0.4 is 16.1 Å². The molecule has 2 aromatic rings. The highest BCUT2D eigenvalue weighted by atomic mass is 16.5. The zero-order chi connectivity index (χ0) is 14.4. The van der Waals surface area contributed by atoms with Crippen LogP contribution in [0.2, 0.25) is 0 Å². The Labute approximate surface area is 114 Å². The zero-order valence-electron chi connectivity index (χ0n) is 11.8. The second-order valence-corrected chi connectivity index (χ2v) is 4.95. The summed E-state index contributed by atoms with van der Waals surface area (Å²) in [4.78, 5) is 30.7. The van der Waals surface area contributed by atoms with Gasteiger partial charge in [0.05, 0.1) is 13.2 Å². The lowest BCUT2D eigenvalue weighted by Gasteiger charge is -2.27. The van der Waals surface area contributed by atoms with E-state index in [9.17, 15) is 9.59 Å². The summed E-state index contributed by atoms with van der Waals surface area (Å²) in [7, 11) is 4.93. The first-order chi connectivity index (χ1) is 9.52. The third-order valence-electron chi connectivity index (χ3n) is 3.73. The fourth-order valence-electron chi connectivity index (χ4n) is 2.61. The van der Waals surface area contributed by atoms with Gasteiger partial charge in [0, 0.05) is 34.2 Å². The van der Waals surface area contributed by atoms with Crippen LogP contribution in [0.1, 0.15) is 0 Å². The Balaban J connectivity index is 2.29. The molecule has 108 valence electrons. The van der Waals surface area contributed by atoms with Gasteiger partial charge in [0.1, 0.15) is 0 Å². The van der Waals surface area contributed by atoms with E-state index in [4.69, 9.17) is 4.74 Å². The van der Waals surface area contributed by atoms with Crippen molar-refractivity contribution in [2.45, 2.75) is 0 Å². The summed E-state index contributed by atoms with van der Waals surface area (Å²) in [5, 5.41) is 0. The Morgan fingerprint density at radius 1 is 1.00 bits per heavy atom. The summed E-state index contributed by atoms with van der Waals surface area (Å²) in [6.07, 6.45) is 0. The maximum atomic E-state index is 12.2. The van der Waals surface area contributed by atoms with Crippen LogP contribution in [0.5, 0.6) is 0 Å². The average molecular weight is 279 g/mol. The highest BCUT2D eigenvalue weighted by Gasteiger charge is 2.21. The van der Waals surface area contributed by atoms with Crippen molar-refractivity contribution < 1.29 is 4.74 Å². The largest absolute Gasteiger partial charge is 0.378 e. The minimum atomic E-state index is -0.363. The Morgan fingerprint density at radius 2 is 1.65 bits per heavy atom. The molecule has 2 aromatic heterocycles. The predicted molar refractivity (Wildman–Crippen MR) is 74.2 cm³/mol. The van der Waals surface area contributed by atoms with E-state index in [0.29, 0.717) is 30.3 Å². The third kappa shape index (κ3) is 1.68. The van der Waals surface area contributed by atoms with Gasteiger partial charge in [0.25, 0.3) is 5.56 Å². The van der Waals surface area contributed by atoms with Gasteiger partial charge < -0.3 is 9.64 Å². The number of nitrogens with zero attached hydrogens (tertiary/aromatic N) is 5. The topological polar surface area (TPSA) is 74.3 Å². The third-order valence-corrected chi connectivity index (χ3v) is 3.73. The monoisotopic (exact) mass is 279 g/mol. The molecule has 0 saturated carbocycles. The standard InChI is InChI=1S/C12H17N5O3/c1-14-9-8(10(18)16(3)12(19)15(9)2)13-11(14)17-4-6-20-7-5-17/h4-7H2,1-3H3. The second-order valence-electron chi connectivity index (χ2n) is 4.95. The number of morpholine rings is 1. The van der Waals surface area contributed by atoms with Gasteiger partial charge in [-0.15, -0.1) is 0 Å². The number of hydrogen-bond acceptors (Lipinski definition) is 5. The average Bonchev–Trinajstić information content (AvgIpc) is 2.81. The molecule has 3 rings (SSSR count). The number of ether oxygens (including phenoxy) is 1. The molecular weight excluding hydrogens is 262 g/mol. The molecule has 20 heavy (non-hydrogen) atoms. The van der Waals surface area contributed by atoms with Crippen LogP contribution in [0.4, 0.5) is 5.95 Å². The number of imidazole rings is 1. The zero-order valence-corrected chi connectivity index (χ0v) is 11.8. The molecule has 0 atom stereocenters. The molecule has 8 nitrogen and oxygen atoms in total. The van der Waals surface area contributed by atoms with Crippen molar-refractivity contribution in [3.8, 4) is 0 Å². The van der Waals surface area contributed by atoms with E-state index in [0.717, 1.165) is 17.7 Å². The van der Waals surface area contributed by atoms with Crippen LogP contribution in [0.15, 0.2) is 9.59 Å². The van der Waals surface area contributed by atoms with E-state index in [1.54, 1.807) is 11.6 Å². The van der Waals surface area contributed by atoms with Gasteiger partial charge in [-0.05, 0) is 0 Å². The smallest absolute Gasteiger partial charge is 0.332 e. The predicted octanol–water partition coefficient (Wildman–Crippen LogP) is -1.19. The minimum Gasteiger partial charge on any atom is -0.378 e. The lowest BCUT2D eigenvalue weighted by Crippen LogP contribution is -2.38. The molecular formula is C12H17N5O3. The van der Waals surface area contributed by atoms with Gasteiger partial charge in [-0.2, -0.15) is 0 Å². The first-order valence-corrected chi connectivity index (χ1v) is 6.47. The van der Waals surface area contributed by atoms with Crippen molar-refractivity contribution in [1.82, 2.24) is 18.7 Å². The molecule has 0 spiro atoms. The van der Waals surface area contributed by atoms with E-state index in [2.05, 4.69) is 9.88 Å². The van der Waals surface area contributed by atoms with E-state index in [1.165, 1.54) is 11.6 Å². The Hall–Kier alpha value is -2.09.